The average molecular weight is 207 g/mol. The van der Waals surface area contributed by atoms with E-state index in [1.165, 1.54) is 5.69 Å². The van der Waals surface area contributed by atoms with Gasteiger partial charge in [-0.25, -0.2) is 4.98 Å². The Balaban J connectivity index is 2.19. The highest BCUT2D eigenvalue weighted by Gasteiger charge is 2.18. The van der Waals surface area contributed by atoms with E-state index in [2.05, 4.69) is 22.1 Å². The molecule has 1 fully saturated rings. The first-order chi connectivity index (χ1) is 7.31. The molecule has 1 N–H and O–H groups in total. The molecular formula is C11H17N3O. The predicted octanol–water partition coefficient (Wildman–Crippen LogP) is 0.888. The van der Waals surface area contributed by atoms with Gasteiger partial charge < -0.3 is 15.0 Å². The molecule has 1 aromatic heterocycles. The molecule has 0 amide bonds. The molecule has 1 atom stereocenters. The first-order valence-electron chi connectivity index (χ1n) is 5.28. The molecule has 1 unspecified atom stereocenters. The number of nitrogens with one attached hydrogen (secondary N) is 1. The highest BCUT2D eigenvalue weighted by atomic mass is 16.5. The van der Waals surface area contributed by atoms with Gasteiger partial charge in [-0.3, -0.25) is 0 Å². The van der Waals surface area contributed by atoms with Crippen molar-refractivity contribution < 1.29 is 4.74 Å². The van der Waals surface area contributed by atoms with Gasteiger partial charge in [-0.05, 0) is 13.0 Å². The van der Waals surface area contributed by atoms with Gasteiger partial charge in [-0.1, -0.05) is 0 Å². The van der Waals surface area contributed by atoms with E-state index in [4.69, 9.17) is 4.74 Å². The van der Waals surface area contributed by atoms with Gasteiger partial charge >= 0.3 is 0 Å². The third-order valence-corrected chi connectivity index (χ3v) is 2.76. The fourth-order valence-electron chi connectivity index (χ4n) is 1.91. The van der Waals surface area contributed by atoms with Gasteiger partial charge in [0.1, 0.15) is 0 Å². The minimum absolute atomic E-state index is 0.519. The number of hydrogen-bond acceptors (Lipinski definition) is 4. The maximum Gasteiger partial charge on any atom is 0.214 e. The van der Waals surface area contributed by atoms with Gasteiger partial charge in [0.2, 0.25) is 5.88 Å². The smallest absolute Gasteiger partial charge is 0.214 e. The molecule has 0 bridgehead atoms. The molecule has 82 valence electrons. The first kappa shape index (κ1) is 10.2. The van der Waals surface area contributed by atoms with Crippen LogP contribution in [0.15, 0.2) is 18.3 Å². The number of nitrogens with zero attached hydrogens (tertiary/aromatic N) is 2. The maximum atomic E-state index is 5.13. The van der Waals surface area contributed by atoms with Crippen molar-refractivity contribution in [3.8, 4) is 5.88 Å². The highest BCUT2D eigenvalue weighted by Crippen LogP contribution is 2.21. The summed E-state index contributed by atoms with van der Waals surface area (Å²) in [6, 6.07) is 4.54. The minimum Gasteiger partial charge on any atom is -0.481 e. The Hall–Kier alpha value is -1.29. The fourth-order valence-corrected chi connectivity index (χ4v) is 1.91. The average Bonchev–Trinajstić information content (AvgIpc) is 2.30. The van der Waals surface area contributed by atoms with Gasteiger partial charge in [-0.2, -0.15) is 0 Å². The van der Waals surface area contributed by atoms with Crippen LogP contribution in [-0.4, -0.2) is 37.8 Å². The van der Waals surface area contributed by atoms with Gasteiger partial charge in [0.05, 0.1) is 7.11 Å². The van der Waals surface area contributed by atoms with Crippen LogP contribution in [0.25, 0.3) is 0 Å². The molecule has 2 rings (SSSR count). The zero-order chi connectivity index (χ0) is 10.7. The van der Waals surface area contributed by atoms with E-state index in [9.17, 15) is 0 Å². The van der Waals surface area contributed by atoms with Crippen LogP contribution in [0.5, 0.6) is 5.88 Å². The Bertz CT molecular complexity index is 329. The number of anilines is 1. The summed E-state index contributed by atoms with van der Waals surface area (Å²) in [5, 5.41) is 3.37. The van der Waals surface area contributed by atoms with Gasteiger partial charge in [0.25, 0.3) is 0 Å². The van der Waals surface area contributed by atoms with Crippen LogP contribution >= 0.6 is 0 Å². The lowest BCUT2D eigenvalue weighted by Crippen LogP contribution is -2.49. The number of pyridine rings is 1. The Morgan fingerprint density at radius 3 is 3.20 bits per heavy atom. The van der Waals surface area contributed by atoms with Crippen molar-refractivity contribution in [3.05, 3.63) is 18.3 Å². The third-order valence-electron chi connectivity index (χ3n) is 2.76. The Morgan fingerprint density at radius 1 is 1.60 bits per heavy atom. The van der Waals surface area contributed by atoms with Crippen molar-refractivity contribution in [1.82, 2.24) is 10.3 Å². The summed E-state index contributed by atoms with van der Waals surface area (Å²) in [5.74, 6) is 0.679. The molecule has 0 aliphatic carbocycles. The van der Waals surface area contributed by atoms with Gasteiger partial charge in [-0.15, -0.1) is 0 Å². The molecule has 0 aromatic carbocycles. The van der Waals surface area contributed by atoms with Crippen LogP contribution in [0.2, 0.25) is 0 Å². The summed E-state index contributed by atoms with van der Waals surface area (Å²) in [4.78, 5) is 6.49. The van der Waals surface area contributed by atoms with Crippen LogP contribution < -0.4 is 15.0 Å². The number of hydrogen-bond donors (Lipinski definition) is 1. The summed E-state index contributed by atoms with van der Waals surface area (Å²) in [6.45, 7) is 5.33. The normalized spacial score (nSPS) is 21.5. The second kappa shape index (κ2) is 4.49. The topological polar surface area (TPSA) is 37.4 Å². The van der Waals surface area contributed by atoms with Gasteiger partial charge in [0, 0.05) is 43.6 Å². The molecule has 1 aromatic rings. The predicted molar refractivity (Wildman–Crippen MR) is 60.5 cm³/mol. The zero-order valence-corrected chi connectivity index (χ0v) is 9.23. The minimum atomic E-state index is 0.519. The molecule has 2 heterocycles. The third kappa shape index (κ3) is 2.21. The Labute approximate surface area is 90.3 Å². The van der Waals surface area contributed by atoms with E-state index in [0.29, 0.717) is 11.9 Å². The molecular weight excluding hydrogens is 190 g/mol. The van der Waals surface area contributed by atoms with E-state index in [1.807, 2.05) is 12.1 Å². The fraction of sp³-hybridized carbons (Fsp3) is 0.545. The van der Waals surface area contributed by atoms with E-state index >= 15 is 0 Å². The Kier molecular flexibility index (Phi) is 3.06. The molecule has 0 radical (unpaired) electrons. The first-order valence-corrected chi connectivity index (χ1v) is 5.28. The quantitative estimate of drug-likeness (QED) is 0.781. The van der Waals surface area contributed by atoms with Crippen LogP contribution in [-0.2, 0) is 0 Å². The van der Waals surface area contributed by atoms with Crippen molar-refractivity contribution in [3.63, 3.8) is 0 Å². The van der Waals surface area contributed by atoms with E-state index in [1.54, 1.807) is 13.3 Å². The maximum absolute atomic E-state index is 5.13. The number of piperazine rings is 1. The van der Waals surface area contributed by atoms with E-state index in [0.717, 1.165) is 19.6 Å². The number of ether oxygens (including phenoxy) is 1. The van der Waals surface area contributed by atoms with Crippen LogP contribution in [0, 0.1) is 0 Å². The molecule has 1 saturated heterocycles. The zero-order valence-electron chi connectivity index (χ0n) is 9.23. The summed E-state index contributed by atoms with van der Waals surface area (Å²) in [5.41, 5.74) is 1.19. The van der Waals surface area contributed by atoms with Crippen molar-refractivity contribution in [2.24, 2.45) is 0 Å². The number of aromatic nitrogens is 1. The summed E-state index contributed by atoms with van der Waals surface area (Å²) in [7, 11) is 1.65. The number of methoxy groups -OCH3 is 1. The van der Waals surface area contributed by atoms with E-state index < -0.39 is 0 Å². The lowest BCUT2D eigenvalue weighted by atomic mass is 10.2. The van der Waals surface area contributed by atoms with Crippen molar-refractivity contribution in [1.29, 1.82) is 0 Å². The summed E-state index contributed by atoms with van der Waals surface area (Å²) >= 11 is 0. The van der Waals surface area contributed by atoms with E-state index in [-0.39, 0.29) is 0 Å². The second-order valence-electron chi connectivity index (χ2n) is 3.80. The van der Waals surface area contributed by atoms with Gasteiger partial charge in [0.15, 0.2) is 0 Å². The van der Waals surface area contributed by atoms with Crippen molar-refractivity contribution >= 4 is 5.69 Å². The Morgan fingerprint density at radius 2 is 2.47 bits per heavy atom. The van der Waals surface area contributed by atoms with Crippen LogP contribution in [0.4, 0.5) is 5.69 Å². The summed E-state index contributed by atoms with van der Waals surface area (Å²) in [6.07, 6.45) is 1.79. The SMILES string of the molecule is COc1cc(N2CCNCC2C)ccn1. The molecule has 4 heteroatoms. The lowest BCUT2D eigenvalue weighted by molar-refractivity contribution is 0.397. The molecule has 1 aliphatic rings. The lowest BCUT2D eigenvalue weighted by Gasteiger charge is -2.35. The molecule has 4 nitrogen and oxygen atoms in total. The van der Waals surface area contributed by atoms with Crippen molar-refractivity contribution in [2.75, 3.05) is 31.6 Å². The monoisotopic (exact) mass is 207 g/mol. The standard InChI is InChI=1S/C11H17N3O/c1-9-8-12-5-6-14(9)10-3-4-13-11(7-10)15-2/h3-4,7,9,12H,5-6,8H2,1-2H3. The van der Waals surface area contributed by atoms with Crippen molar-refractivity contribution in [2.45, 2.75) is 13.0 Å². The van der Waals surface area contributed by atoms with Crippen LogP contribution in [0.3, 0.4) is 0 Å². The number of rotatable bonds is 2. The molecule has 0 spiro atoms. The molecule has 1 aliphatic heterocycles. The summed E-state index contributed by atoms with van der Waals surface area (Å²) < 4.78 is 5.13. The second-order valence-corrected chi connectivity index (χ2v) is 3.80. The highest BCUT2D eigenvalue weighted by molar-refractivity contribution is 5.49. The molecule has 0 saturated carbocycles. The molecule has 15 heavy (non-hydrogen) atoms. The largest absolute Gasteiger partial charge is 0.481 e. The van der Waals surface area contributed by atoms with Crippen LogP contribution in [0.1, 0.15) is 6.92 Å².